The maximum absolute atomic E-state index is 12.2. The van der Waals surface area contributed by atoms with Crippen LogP contribution in [-0.4, -0.2) is 43.2 Å². The zero-order valence-corrected chi connectivity index (χ0v) is 17.3. The predicted molar refractivity (Wildman–Crippen MR) is 115 cm³/mol. The lowest BCUT2D eigenvalue weighted by Gasteiger charge is -2.11. The van der Waals surface area contributed by atoms with Gasteiger partial charge in [-0.1, -0.05) is 42.5 Å². The third kappa shape index (κ3) is 7.98. The number of ether oxygens (including phenoxy) is 2. The average molecular weight is 429 g/mol. The summed E-state index contributed by atoms with van der Waals surface area (Å²) < 4.78 is 9.61. The van der Waals surface area contributed by atoms with Crippen molar-refractivity contribution in [2.24, 2.45) is 0 Å². The quantitative estimate of drug-likeness (QED) is 0.255. The number of thiocarbonyl (C=S) groups is 1. The number of carbonyl (C=O) groups is 3. The number of hydrazine groups is 1. The van der Waals surface area contributed by atoms with Crippen LogP contribution in [0.4, 0.5) is 0 Å². The number of rotatable bonds is 8. The molecular weight excluding hydrogens is 406 g/mol. The number of nitrogens with one attached hydrogen (secondary N) is 3. The number of methoxy groups -OCH3 is 1. The van der Waals surface area contributed by atoms with Crippen molar-refractivity contribution < 1.29 is 23.9 Å². The molecule has 0 saturated heterocycles. The molecule has 8 nitrogen and oxygen atoms in total. The summed E-state index contributed by atoms with van der Waals surface area (Å²) in [5.74, 6) is -1.39. The Morgan fingerprint density at radius 3 is 2.20 bits per heavy atom. The minimum Gasteiger partial charge on any atom is -0.463 e. The standard InChI is InChI=1S/C21H23N3O5S/c1-28-13-14-29-19(26)12-11-18(25)22-21(30)24-23-20(27)17-9-7-16(8-10-17)15-5-3-2-4-6-15/h2-10H,11-14H2,1H3,(H,23,27)(H2,22,24,25,30). The first kappa shape index (κ1) is 23.0. The molecule has 0 aliphatic heterocycles. The van der Waals surface area contributed by atoms with E-state index in [1.807, 2.05) is 42.5 Å². The highest BCUT2D eigenvalue weighted by Gasteiger charge is 2.11. The molecule has 3 N–H and O–H groups in total. The second kappa shape index (κ2) is 12.3. The van der Waals surface area contributed by atoms with Gasteiger partial charge in [0.25, 0.3) is 5.91 Å². The Morgan fingerprint density at radius 2 is 1.53 bits per heavy atom. The Morgan fingerprint density at radius 1 is 0.867 bits per heavy atom. The van der Waals surface area contributed by atoms with Crippen LogP contribution in [0.1, 0.15) is 23.2 Å². The van der Waals surface area contributed by atoms with Crippen molar-refractivity contribution in [3.8, 4) is 11.1 Å². The second-order valence-electron chi connectivity index (χ2n) is 6.11. The van der Waals surface area contributed by atoms with E-state index >= 15 is 0 Å². The van der Waals surface area contributed by atoms with Crippen LogP contribution in [0.5, 0.6) is 0 Å². The van der Waals surface area contributed by atoms with Gasteiger partial charge in [0.1, 0.15) is 6.61 Å². The highest BCUT2D eigenvalue weighted by Crippen LogP contribution is 2.19. The third-order valence-corrected chi connectivity index (χ3v) is 4.11. The van der Waals surface area contributed by atoms with Crippen molar-refractivity contribution in [2.45, 2.75) is 12.8 Å². The molecule has 0 aromatic heterocycles. The first-order valence-corrected chi connectivity index (χ1v) is 9.60. The van der Waals surface area contributed by atoms with Gasteiger partial charge in [0.05, 0.1) is 13.0 Å². The molecule has 30 heavy (non-hydrogen) atoms. The molecule has 0 spiro atoms. The lowest BCUT2D eigenvalue weighted by Crippen LogP contribution is -2.48. The molecule has 0 aliphatic carbocycles. The first-order chi connectivity index (χ1) is 14.5. The number of esters is 1. The van der Waals surface area contributed by atoms with Crippen LogP contribution >= 0.6 is 12.2 Å². The molecule has 2 aromatic carbocycles. The number of benzene rings is 2. The van der Waals surface area contributed by atoms with Gasteiger partial charge in [-0.15, -0.1) is 0 Å². The summed E-state index contributed by atoms with van der Waals surface area (Å²) in [5, 5.41) is 2.29. The molecular formula is C21H23N3O5S. The zero-order valence-electron chi connectivity index (χ0n) is 16.5. The normalized spacial score (nSPS) is 10.0. The number of amides is 2. The van der Waals surface area contributed by atoms with Crippen molar-refractivity contribution in [1.82, 2.24) is 16.2 Å². The van der Waals surface area contributed by atoms with Gasteiger partial charge < -0.3 is 14.8 Å². The number of hydrogen-bond donors (Lipinski definition) is 3. The van der Waals surface area contributed by atoms with E-state index in [0.29, 0.717) is 12.2 Å². The van der Waals surface area contributed by atoms with E-state index in [4.69, 9.17) is 21.7 Å². The molecule has 2 amide bonds. The first-order valence-electron chi connectivity index (χ1n) is 9.20. The smallest absolute Gasteiger partial charge is 0.306 e. The summed E-state index contributed by atoms with van der Waals surface area (Å²) >= 11 is 4.96. The Bertz CT molecular complexity index is 872. The molecule has 0 bridgehead atoms. The maximum Gasteiger partial charge on any atom is 0.306 e. The van der Waals surface area contributed by atoms with Gasteiger partial charge >= 0.3 is 5.97 Å². The van der Waals surface area contributed by atoms with Gasteiger partial charge in [-0.05, 0) is 35.5 Å². The van der Waals surface area contributed by atoms with E-state index < -0.39 is 17.8 Å². The van der Waals surface area contributed by atoms with E-state index in [1.54, 1.807) is 12.1 Å². The summed E-state index contributed by atoms with van der Waals surface area (Å²) in [6, 6.07) is 16.9. The summed E-state index contributed by atoms with van der Waals surface area (Å²) in [6.45, 7) is 0.426. The summed E-state index contributed by atoms with van der Waals surface area (Å²) in [7, 11) is 1.49. The van der Waals surface area contributed by atoms with Crippen molar-refractivity contribution in [3.05, 3.63) is 60.2 Å². The summed E-state index contributed by atoms with van der Waals surface area (Å²) in [5.41, 5.74) is 7.33. The second-order valence-corrected chi connectivity index (χ2v) is 6.52. The SMILES string of the molecule is COCCOC(=O)CCC(=O)NC(=S)NNC(=O)c1ccc(-c2ccccc2)cc1. The Labute approximate surface area is 179 Å². The molecule has 0 aliphatic rings. The Hall–Kier alpha value is -3.30. The molecule has 2 aromatic rings. The highest BCUT2D eigenvalue weighted by molar-refractivity contribution is 7.80. The van der Waals surface area contributed by atoms with Crippen molar-refractivity contribution in [3.63, 3.8) is 0 Å². The van der Waals surface area contributed by atoms with Gasteiger partial charge in [0.2, 0.25) is 5.91 Å². The van der Waals surface area contributed by atoms with E-state index in [-0.39, 0.29) is 24.6 Å². The van der Waals surface area contributed by atoms with Crippen molar-refractivity contribution in [1.29, 1.82) is 0 Å². The molecule has 9 heteroatoms. The van der Waals surface area contributed by atoms with Crippen LogP contribution < -0.4 is 16.2 Å². The zero-order chi connectivity index (χ0) is 21.8. The molecule has 0 atom stereocenters. The minimum absolute atomic E-state index is 0.0815. The topological polar surface area (TPSA) is 106 Å². The summed E-state index contributed by atoms with van der Waals surface area (Å²) in [6.07, 6.45) is -0.180. The average Bonchev–Trinajstić information content (AvgIpc) is 2.77. The van der Waals surface area contributed by atoms with E-state index in [2.05, 4.69) is 16.2 Å². The summed E-state index contributed by atoms with van der Waals surface area (Å²) in [4.78, 5) is 35.4. The van der Waals surface area contributed by atoms with Crippen molar-refractivity contribution >= 4 is 35.1 Å². The van der Waals surface area contributed by atoms with Gasteiger partial charge in [-0.3, -0.25) is 25.2 Å². The van der Waals surface area contributed by atoms with Crippen LogP contribution in [-0.2, 0) is 19.1 Å². The predicted octanol–water partition coefficient (Wildman–Crippen LogP) is 1.96. The third-order valence-electron chi connectivity index (χ3n) is 3.90. The number of carbonyl (C=O) groups excluding carboxylic acids is 3. The largest absolute Gasteiger partial charge is 0.463 e. The molecule has 0 radical (unpaired) electrons. The highest BCUT2D eigenvalue weighted by atomic mass is 32.1. The fraction of sp³-hybridized carbons (Fsp3) is 0.238. The van der Waals surface area contributed by atoms with Gasteiger partial charge in [-0.25, -0.2) is 0 Å². The molecule has 2 rings (SSSR count). The molecule has 0 saturated carbocycles. The lowest BCUT2D eigenvalue weighted by atomic mass is 10.0. The fourth-order valence-corrected chi connectivity index (χ4v) is 2.54. The van der Waals surface area contributed by atoms with Crippen LogP contribution in [0.2, 0.25) is 0 Å². The van der Waals surface area contributed by atoms with E-state index in [9.17, 15) is 14.4 Å². The van der Waals surface area contributed by atoms with Crippen LogP contribution in [0.15, 0.2) is 54.6 Å². The van der Waals surface area contributed by atoms with Gasteiger partial charge in [0, 0.05) is 19.1 Å². The van der Waals surface area contributed by atoms with E-state index in [0.717, 1.165) is 11.1 Å². The van der Waals surface area contributed by atoms with Crippen LogP contribution in [0.3, 0.4) is 0 Å². The molecule has 0 unspecified atom stereocenters. The van der Waals surface area contributed by atoms with Gasteiger partial charge in [-0.2, -0.15) is 0 Å². The maximum atomic E-state index is 12.2. The fourth-order valence-electron chi connectivity index (χ4n) is 2.38. The minimum atomic E-state index is -0.506. The van der Waals surface area contributed by atoms with Crippen LogP contribution in [0.25, 0.3) is 11.1 Å². The Balaban J connectivity index is 1.71. The van der Waals surface area contributed by atoms with Crippen molar-refractivity contribution in [2.75, 3.05) is 20.3 Å². The molecule has 0 fully saturated rings. The monoisotopic (exact) mass is 429 g/mol. The number of hydrogen-bond acceptors (Lipinski definition) is 6. The molecule has 158 valence electrons. The lowest BCUT2D eigenvalue weighted by molar-refractivity contribution is -0.146. The van der Waals surface area contributed by atoms with Gasteiger partial charge in [0.15, 0.2) is 5.11 Å². The van der Waals surface area contributed by atoms with E-state index in [1.165, 1.54) is 7.11 Å². The Kier molecular flexibility index (Phi) is 9.43. The molecule has 0 heterocycles. The van der Waals surface area contributed by atoms with Crippen LogP contribution in [0, 0.1) is 0 Å².